The third-order valence-electron chi connectivity index (χ3n) is 3.83. The van der Waals surface area contributed by atoms with Crippen LogP contribution in [-0.2, 0) is 16.6 Å². The van der Waals surface area contributed by atoms with Crippen LogP contribution in [0.5, 0.6) is 5.75 Å². The first kappa shape index (κ1) is 18.9. The summed E-state index contributed by atoms with van der Waals surface area (Å²) in [5, 5.41) is 2.41. The van der Waals surface area contributed by atoms with E-state index in [1.807, 2.05) is 0 Å². The first-order chi connectivity index (χ1) is 12.9. The highest BCUT2D eigenvalue weighted by Crippen LogP contribution is 2.31. The van der Waals surface area contributed by atoms with Crippen molar-refractivity contribution in [1.29, 1.82) is 0 Å². The maximum Gasteiger partial charge on any atom is 0.285 e. The Kier molecular flexibility index (Phi) is 5.19. The highest BCUT2D eigenvalue weighted by molar-refractivity contribution is 7.90. The summed E-state index contributed by atoms with van der Waals surface area (Å²) in [6.45, 7) is 0.0548. The lowest BCUT2D eigenvalue weighted by Gasteiger charge is -2.10. The van der Waals surface area contributed by atoms with Gasteiger partial charge in [0, 0.05) is 24.5 Å². The van der Waals surface area contributed by atoms with Crippen LogP contribution >= 0.6 is 0 Å². The summed E-state index contributed by atoms with van der Waals surface area (Å²) in [5.74, 6) is -1.47. The minimum Gasteiger partial charge on any atom is -0.495 e. The van der Waals surface area contributed by atoms with Gasteiger partial charge < -0.3 is 10.1 Å². The zero-order valence-electron chi connectivity index (χ0n) is 14.5. The van der Waals surface area contributed by atoms with E-state index < -0.39 is 27.5 Å². The third-order valence-corrected chi connectivity index (χ3v) is 5.41. The van der Waals surface area contributed by atoms with Gasteiger partial charge in [-0.25, -0.2) is 18.3 Å². The average Bonchev–Trinajstić information content (AvgIpc) is 3.00. The van der Waals surface area contributed by atoms with Gasteiger partial charge in [-0.1, -0.05) is 0 Å². The Morgan fingerprint density at radius 2 is 2.00 bits per heavy atom. The van der Waals surface area contributed by atoms with Crippen LogP contribution in [0.1, 0.15) is 5.56 Å². The van der Waals surface area contributed by atoms with E-state index in [9.17, 15) is 17.2 Å². The van der Waals surface area contributed by atoms with E-state index in [0.717, 1.165) is 6.20 Å². The van der Waals surface area contributed by atoms with E-state index in [1.165, 1.54) is 43.8 Å². The van der Waals surface area contributed by atoms with E-state index in [2.05, 4.69) is 15.3 Å². The monoisotopic (exact) mass is 394 g/mol. The maximum absolute atomic E-state index is 15.0. The maximum atomic E-state index is 15.0. The van der Waals surface area contributed by atoms with Gasteiger partial charge in [-0.3, -0.25) is 0 Å². The average molecular weight is 394 g/mol. The molecule has 0 saturated heterocycles. The predicted octanol–water partition coefficient (Wildman–Crippen LogP) is 2.19. The topological polar surface area (TPSA) is 86.1 Å². The van der Waals surface area contributed by atoms with Gasteiger partial charge in [-0.15, -0.1) is 0 Å². The summed E-state index contributed by atoms with van der Waals surface area (Å²) in [5.41, 5.74) is -0.647. The van der Waals surface area contributed by atoms with Gasteiger partial charge in [0.1, 0.15) is 11.4 Å². The Labute approximate surface area is 154 Å². The van der Waals surface area contributed by atoms with Crippen LogP contribution in [0.2, 0.25) is 0 Å². The molecule has 3 aromatic rings. The SMILES string of the molecule is CNCc1cn(S(=O)(=O)c2ccc(OC)cn2)c(-c2cccnc2F)c1F. The van der Waals surface area contributed by atoms with Crippen molar-refractivity contribution < 1.29 is 21.9 Å². The second kappa shape index (κ2) is 7.41. The molecule has 0 spiro atoms. The summed E-state index contributed by atoms with van der Waals surface area (Å²) < 4.78 is 60.9. The quantitative estimate of drug-likeness (QED) is 0.645. The molecular weight excluding hydrogens is 378 g/mol. The number of aromatic nitrogens is 3. The van der Waals surface area contributed by atoms with Crippen molar-refractivity contribution in [2.24, 2.45) is 0 Å². The molecule has 7 nitrogen and oxygen atoms in total. The Hall–Kier alpha value is -2.85. The number of hydrogen-bond acceptors (Lipinski definition) is 6. The fourth-order valence-electron chi connectivity index (χ4n) is 2.56. The third kappa shape index (κ3) is 3.40. The molecule has 10 heteroatoms. The molecule has 0 saturated carbocycles. The summed E-state index contributed by atoms with van der Waals surface area (Å²) in [6, 6.07) is 5.30. The zero-order valence-corrected chi connectivity index (χ0v) is 15.3. The number of rotatable bonds is 6. The number of methoxy groups -OCH3 is 1. The van der Waals surface area contributed by atoms with Crippen LogP contribution in [0.3, 0.4) is 0 Å². The lowest BCUT2D eigenvalue weighted by Crippen LogP contribution is -2.15. The van der Waals surface area contributed by atoms with E-state index in [0.29, 0.717) is 9.72 Å². The van der Waals surface area contributed by atoms with Crippen molar-refractivity contribution in [3.05, 3.63) is 60.2 Å². The number of halogens is 2. The van der Waals surface area contributed by atoms with Crippen LogP contribution in [-0.4, -0.2) is 36.5 Å². The molecule has 0 atom stereocenters. The molecule has 1 N–H and O–H groups in total. The molecule has 0 radical (unpaired) electrons. The molecule has 3 rings (SSSR count). The minimum absolute atomic E-state index is 0.0548. The van der Waals surface area contributed by atoms with Gasteiger partial charge in [-0.2, -0.15) is 12.8 Å². The van der Waals surface area contributed by atoms with Crippen molar-refractivity contribution in [2.45, 2.75) is 11.6 Å². The van der Waals surface area contributed by atoms with Gasteiger partial charge >= 0.3 is 0 Å². The van der Waals surface area contributed by atoms with Gasteiger partial charge in [0.25, 0.3) is 10.0 Å². The molecule has 27 heavy (non-hydrogen) atoms. The smallest absolute Gasteiger partial charge is 0.285 e. The van der Waals surface area contributed by atoms with Crippen LogP contribution in [0.25, 0.3) is 11.3 Å². The summed E-state index contributed by atoms with van der Waals surface area (Å²) in [6.07, 6.45) is 3.53. The van der Waals surface area contributed by atoms with E-state index in [-0.39, 0.29) is 22.7 Å². The number of nitrogens with one attached hydrogen (secondary N) is 1. The second-order valence-corrected chi connectivity index (χ2v) is 7.29. The molecule has 0 aromatic carbocycles. The second-order valence-electron chi connectivity index (χ2n) is 5.53. The Bertz CT molecular complexity index is 1070. The Morgan fingerprint density at radius 1 is 1.22 bits per heavy atom. The van der Waals surface area contributed by atoms with E-state index in [1.54, 1.807) is 7.05 Å². The summed E-state index contributed by atoms with van der Waals surface area (Å²) in [4.78, 5) is 7.34. The first-order valence-electron chi connectivity index (χ1n) is 7.81. The number of pyridine rings is 2. The molecule has 0 fully saturated rings. The molecule has 3 aromatic heterocycles. The van der Waals surface area contributed by atoms with Gasteiger partial charge in [-0.05, 0) is 31.3 Å². The van der Waals surface area contributed by atoms with Crippen LogP contribution < -0.4 is 10.1 Å². The zero-order chi connectivity index (χ0) is 19.6. The molecule has 0 amide bonds. The molecule has 0 aliphatic rings. The van der Waals surface area contributed by atoms with Crippen LogP contribution in [0.15, 0.2) is 47.9 Å². The normalized spacial score (nSPS) is 11.6. The predicted molar refractivity (Wildman–Crippen MR) is 93.7 cm³/mol. The van der Waals surface area contributed by atoms with Gasteiger partial charge in [0.15, 0.2) is 10.8 Å². The van der Waals surface area contributed by atoms with Crippen molar-refractivity contribution in [3.63, 3.8) is 0 Å². The van der Waals surface area contributed by atoms with Crippen molar-refractivity contribution in [1.82, 2.24) is 19.3 Å². The van der Waals surface area contributed by atoms with Crippen LogP contribution in [0.4, 0.5) is 8.78 Å². The number of hydrogen-bond donors (Lipinski definition) is 1. The molecular formula is C17H16F2N4O3S. The molecule has 0 bridgehead atoms. The van der Waals surface area contributed by atoms with Crippen molar-refractivity contribution in [3.8, 4) is 17.0 Å². The highest BCUT2D eigenvalue weighted by Gasteiger charge is 2.29. The molecule has 0 aliphatic heterocycles. The molecule has 3 heterocycles. The summed E-state index contributed by atoms with van der Waals surface area (Å²) in [7, 11) is -1.29. The lowest BCUT2D eigenvalue weighted by molar-refractivity contribution is 0.412. The Balaban J connectivity index is 2.25. The summed E-state index contributed by atoms with van der Waals surface area (Å²) >= 11 is 0. The standard InChI is InChI=1S/C17H16F2N4O3S/c1-20-8-11-10-23(16(15(11)18)13-4-3-7-21-17(13)19)27(24,25)14-6-5-12(26-2)9-22-14/h3-7,9-10,20H,8H2,1-2H3. The molecule has 0 unspecified atom stereocenters. The van der Waals surface area contributed by atoms with Gasteiger partial charge in [0.05, 0.1) is 18.9 Å². The fourth-order valence-corrected chi connectivity index (χ4v) is 3.87. The number of nitrogens with zero attached hydrogens (tertiary/aromatic N) is 3. The van der Waals surface area contributed by atoms with E-state index >= 15 is 0 Å². The number of ether oxygens (including phenoxy) is 1. The Morgan fingerprint density at radius 3 is 2.59 bits per heavy atom. The molecule has 142 valence electrons. The van der Waals surface area contributed by atoms with Crippen LogP contribution in [0, 0.1) is 11.8 Å². The van der Waals surface area contributed by atoms with Crippen molar-refractivity contribution in [2.75, 3.05) is 14.2 Å². The fraction of sp³-hybridized carbons (Fsp3) is 0.176. The first-order valence-corrected chi connectivity index (χ1v) is 9.25. The van der Waals surface area contributed by atoms with Crippen molar-refractivity contribution >= 4 is 10.0 Å². The molecule has 0 aliphatic carbocycles. The van der Waals surface area contributed by atoms with Gasteiger partial charge in [0.2, 0.25) is 5.95 Å². The van der Waals surface area contributed by atoms with E-state index in [4.69, 9.17) is 4.74 Å². The lowest BCUT2D eigenvalue weighted by atomic mass is 10.2. The minimum atomic E-state index is -4.29. The highest BCUT2D eigenvalue weighted by atomic mass is 32.2. The largest absolute Gasteiger partial charge is 0.495 e.